The lowest BCUT2D eigenvalue weighted by Crippen LogP contribution is -2.52. The number of imide groups is 1. The third-order valence-corrected chi connectivity index (χ3v) is 13.5. The summed E-state index contributed by atoms with van der Waals surface area (Å²) in [4.78, 5) is 59.7. The monoisotopic (exact) mass is 839 g/mol. The summed E-state index contributed by atoms with van der Waals surface area (Å²) in [6.45, 7) is 2.91. The maximum atomic E-state index is 13.2. The fourth-order valence-corrected chi connectivity index (χ4v) is 10.3. The number of hydrogen-bond acceptors (Lipinski definition) is 11. The van der Waals surface area contributed by atoms with Gasteiger partial charge in [0.25, 0.3) is 5.91 Å². The van der Waals surface area contributed by atoms with Crippen LogP contribution in [0.2, 0.25) is 0 Å². The molecule has 4 aliphatic rings. The Morgan fingerprint density at radius 3 is 2.67 bits per heavy atom. The zero-order valence-corrected chi connectivity index (χ0v) is 34.7. The van der Waals surface area contributed by atoms with Crippen molar-refractivity contribution >= 4 is 46.8 Å². The Bertz CT molecular complexity index is 2440. The average molecular weight is 840 g/mol. The molecule has 0 radical (unpaired) electrons. The van der Waals surface area contributed by atoms with Gasteiger partial charge in [-0.1, -0.05) is 29.5 Å². The van der Waals surface area contributed by atoms with Gasteiger partial charge in [0.2, 0.25) is 17.7 Å². The van der Waals surface area contributed by atoms with Gasteiger partial charge in [-0.25, -0.2) is 0 Å². The van der Waals surface area contributed by atoms with Gasteiger partial charge in [0.1, 0.15) is 6.04 Å². The number of hydrogen-bond donors (Lipinski definition) is 4. The molecule has 2 saturated heterocycles. The van der Waals surface area contributed by atoms with Crippen LogP contribution in [0.5, 0.6) is 0 Å². The van der Waals surface area contributed by atoms with Crippen LogP contribution in [-0.2, 0) is 40.4 Å². The van der Waals surface area contributed by atoms with E-state index in [-0.39, 0.29) is 42.8 Å². The van der Waals surface area contributed by atoms with Gasteiger partial charge in [0, 0.05) is 84.9 Å². The number of aliphatic hydroxyl groups excluding tert-OH is 1. The molecule has 0 bridgehead atoms. The molecule has 4 atom stereocenters. The summed E-state index contributed by atoms with van der Waals surface area (Å²) in [7, 11) is 0. The summed E-state index contributed by atoms with van der Waals surface area (Å²) in [6, 6.07) is 23.9. The van der Waals surface area contributed by atoms with Crippen LogP contribution in [0.4, 0.5) is 11.4 Å². The minimum absolute atomic E-state index is 0.00763. The van der Waals surface area contributed by atoms with Crippen LogP contribution in [0.3, 0.4) is 0 Å². The number of nitrogens with one attached hydrogen (secondary N) is 3. The molecule has 0 saturated carbocycles. The largest absolute Gasteiger partial charge is 0.394 e. The smallest absolute Gasteiger partial charge is 0.255 e. The van der Waals surface area contributed by atoms with E-state index in [1.165, 1.54) is 11.1 Å². The number of pyridine rings is 1. The number of nitrogens with zero attached hydrogens (tertiary/aromatic N) is 6. The van der Waals surface area contributed by atoms with Crippen LogP contribution in [0.15, 0.2) is 96.3 Å². The minimum atomic E-state index is -0.632. The van der Waals surface area contributed by atoms with Crippen molar-refractivity contribution in [1.82, 2.24) is 35.1 Å². The van der Waals surface area contributed by atoms with E-state index >= 15 is 0 Å². The van der Waals surface area contributed by atoms with Crippen LogP contribution in [-0.4, -0.2) is 89.5 Å². The topological polar surface area (TPSA) is 175 Å². The van der Waals surface area contributed by atoms with Crippen LogP contribution in [0.25, 0.3) is 11.1 Å². The van der Waals surface area contributed by atoms with Gasteiger partial charge in [0.15, 0.2) is 0 Å². The Labute approximate surface area is 358 Å². The number of aromatic nitrogens is 4. The van der Waals surface area contributed by atoms with Crippen LogP contribution >= 0.6 is 11.8 Å². The van der Waals surface area contributed by atoms with Crippen molar-refractivity contribution in [2.75, 3.05) is 29.5 Å². The molecule has 14 nitrogen and oxygen atoms in total. The van der Waals surface area contributed by atoms with Gasteiger partial charge in [-0.15, -0.1) is 16.9 Å². The van der Waals surface area contributed by atoms with Crippen molar-refractivity contribution in [1.29, 1.82) is 0 Å². The second-order valence-corrected chi connectivity index (χ2v) is 17.4. The van der Waals surface area contributed by atoms with E-state index in [0.29, 0.717) is 50.3 Å². The summed E-state index contributed by atoms with van der Waals surface area (Å²) in [5.41, 5.74) is 8.75. The number of anilines is 2. The number of rotatable bonds is 15. The van der Waals surface area contributed by atoms with E-state index in [0.717, 1.165) is 70.3 Å². The first-order valence-electron chi connectivity index (χ1n) is 21.1. The van der Waals surface area contributed by atoms with Crippen molar-refractivity contribution < 1.29 is 24.3 Å². The van der Waals surface area contributed by atoms with Crippen molar-refractivity contribution in [3.05, 3.63) is 119 Å². The van der Waals surface area contributed by atoms with E-state index in [4.69, 9.17) is 0 Å². The highest BCUT2D eigenvalue weighted by Gasteiger charge is 2.44. The zero-order chi connectivity index (χ0) is 41.9. The lowest BCUT2D eigenvalue weighted by molar-refractivity contribution is -0.137. The highest BCUT2D eigenvalue weighted by atomic mass is 32.2. The molecule has 2 fully saturated rings. The van der Waals surface area contributed by atoms with E-state index in [2.05, 4.69) is 72.5 Å². The Hall–Kier alpha value is -5.90. The second kappa shape index (κ2) is 18.0. The number of fused-ring (bicyclic) bond motifs is 4. The van der Waals surface area contributed by atoms with Gasteiger partial charge < -0.3 is 20.6 Å². The fraction of sp³-hybridized carbons (Fsp3) is 0.370. The third kappa shape index (κ3) is 8.81. The molecule has 4 amide bonds. The summed E-state index contributed by atoms with van der Waals surface area (Å²) in [6.07, 6.45) is 9.65. The summed E-state index contributed by atoms with van der Waals surface area (Å²) >= 11 is 1.68. The molecule has 4 N–H and O–H groups in total. The molecule has 5 aromatic rings. The fourth-order valence-electron chi connectivity index (χ4n) is 9.33. The summed E-state index contributed by atoms with van der Waals surface area (Å²) < 4.78 is 1.83. The van der Waals surface area contributed by atoms with E-state index in [1.807, 2.05) is 53.6 Å². The number of piperidine rings is 1. The molecule has 2 aromatic heterocycles. The molecule has 1 unspecified atom stereocenters. The minimum Gasteiger partial charge on any atom is -0.394 e. The lowest BCUT2D eigenvalue weighted by atomic mass is 9.82. The highest BCUT2D eigenvalue weighted by molar-refractivity contribution is 7.99. The van der Waals surface area contributed by atoms with E-state index in [1.54, 1.807) is 22.7 Å². The van der Waals surface area contributed by atoms with Crippen LogP contribution in [0.1, 0.15) is 77.3 Å². The number of amides is 4. The number of aliphatic hydroxyl groups is 1. The summed E-state index contributed by atoms with van der Waals surface area (Å²) in [5.74, 6) is 0.180. The normalized spacial score (nSPS) is 20.8. The Balaban J connectivity index is 0.746. The van der Waals surface area contributed by atoms with Crippen LogP contribution in [0, 0.1) is 5.92 Å². The first-order valence-corrected chi connectivity index (χ1v) is 22.1. The Morgan fingerprint density at radius 1 is 0.967 bits per heavy atom. The van der Waals surface area contributed by atoms with Crippen LogP contribution < -0.4 is 16.0 Å². The molecule has 61 heavy (non-hydrogen) atoms. The number of carbonyl (C=O) groups is 4. The Kier molecular flexibility index (Phi) is 11.9. The number of benzene rings is 3. The van der Waals surface area contributed by atoms with Crippen molar-refractivity contribution in [2.24, 2.45) is 5.92 Å². The predicted octanol–water partition coefficient (Wildman–Crippen LogP) is 5.59. The maximum Gasteiger partial charge on any atom is 0.255 e. The standard InChI is InChI=1S/C46H49N9O5S/c56-28-39-35-17-21-53(25-29-15-18-47-19-16-29)44(35)36-24-31(11-12-38(36)49-39)30-5-1-6-32(23-30)48-42(57)10-2-7-33-26-54(52-51-33)20-4-22-61-41-9-3-8-34-37(41)27-55(46(34)60)40-13-14-43(58)50-45(40)59/h1,3,5-6,8-9,11-12,15-16,18-19,23-24,26,35,39-40,44,49,56H,2,4,7,10,13-14,17,20-22,25,27-28H2,(H,48,57)(H,50,58,59)/t35-,39-,40?,44-/m1/s1. The predicted molar refractivity (Wildman–Crippen MR) is 231 cm³/mol. The van der Waals surface area contributed by atoms with Gasteiger partial charge in [0.05, 0.1) is 18.3 Å². The first kappa shape index (κ1) is 40.5. The van der Waals surface area contributed by atoms with Crippen molar-refractivity contribution in [3.63, 3.8) is 0 Å². The number of carbonyl (C=O) groups excluding carboxylic acids is 4. The van der Waals surface area contributed by atoms with Gasteiger partial charge >= 0.3 is 0 Å². The third-order valence-electron chi connectivity index (χ3n) is 12.3. The molecular weight excluding hydrogens is 791 g/mol. The molecule has 3 aromatic carbocycles. The molecule has 0 aliphatic carbocycles. The van der Waals surface area contributed by atoms with Gasteiger partial charge in [-0.05, 0) is 121 Å². The average Bonchev–Trinajstić information content (AvgIpc) is 4.00. The maximum absolute atomic E-state index is 13.2. The number of thioether (sulfide) groups is 1. The van der Waals surface area contributed by atoms with E-state index in [9.17, 15) is 24.3 Å². The number of likely N-dealkylation sites (tertiary alicyclic amines) is 1. The first-order chi connectivity index (χ1) is 29.8. The zero-order valence-electron chi connectivity index (χ0n) is 33.8. The molecule has 0 spiro atoms. The number of aryl methyl sites for hydroxylation is 2. The summed E-state index contributed by atoms with van der Waals surface area (Å²) in [5, 5.41) is 28.0. The lowest BCUT2D eigenvalue weighted by Gasteiger charge is -2.39. The van der Waals surface area contributed by atoms with Gasteiger partial charge in [-0.2, -0.15) is 0 Å². The van der Waals surface area contributed by atoms with Crippen molar-refractivity contribution in [2.45, 2.75) is 87.6 Å². The molecule has 15 heteroatoms. The van der Waals surface area contributed by atoms with Gasteiger partial charge in [-0.3, -0.25) is 39.1 Å². The van der Waals surface area contributed by atoms with E-state index < -0.39 is 11.9 Å². The molecule has 6 heterocycles. The highest BCUT2D eigenvalue weighted by Crippen LogP contribution is 2.48. The Morgan fingerprint density at radius 2 is 1.82 bits per heavy atom. The molecule has 314 valence electrons. The molecule has 4 aliphatic heterocycles. The molecular formula is C46H49N9O5S. The SMILES string of the molecule is O=C1CCC(N2Cc3c(SCCCn4cc(CCCC(=O)Nc5cccc(-c6ccc7c(c6)[C@H]6[C@H](CCN6Cc6ccncc6)[C@@H](CO)N7)c5)nn4)cccc3C2=O)C(=O)N1. The molecule has 9 rings (SSSR count). The van der Waals surface area contributed by atoms with Crippen molar-refractivity contribution in [3.8, 4) is 11.1 Å². The second-order valence-electron chi connectivity index (χ2n) is 16.3. The quantitative estimate of drug-likeness (QED) is 0.0588.